The Hall–Kier alpha value is -3.44. The summed E-state index contributed by atoms with van der Waals surface area (Å²) in [5.41, 5.74) is 0.206. The Morgan fingerprint density at radius 3 is 2.14 bits per heavy atom. The quantitative estimate of drug-likeness (QED) is 0.479. The van der Waals surface area contributed by atoms with E-state index in [9.17, 15) is 18.0 Å². The normalized spacial score (nSPS) is 15.7. The molecule has 3 rings (SSSR count). The van der Waals surface area contributed by atoms with Crippen LogP contribution in [0.1, 0.15) is 18.5 Å². The monoisotopic (exact) mass is 524 g/mol. The van der Waals surface area contributed by atoms with E-state index in [0.29, 0.717) is 16.3 Å². The molecule has 1 atom stereocenters. The highest BCUT2D eigenvalue weighted by molar-refractivity contribution is 7.91. The number of rotatable bonds is 9. The zero-order valence-electron chi connectivity index (χ0n) is 19.5. The van der Waals surface area contributed by atoms with Crippen LogP contribution in [-0.2, 0) is 19.4 Å². The van der Waals surface area contributed by atoms with Crippen molar-refractivity contribution in [3.05, 3.63) is 58.3 Å². The minimum atomic E-state index is -3.96. The van der Waals surface area contributed by atoms with Crippen LogP contribution >= 0.6 is 11.6 Å². The summed E-state index contributed by atoms with van der Waals surface area (Å²) in [4.78, 5) is 25.6. The van der Waals surface area contributed by atoms with E-state index in [0.717, 1.165) is 0 Å². The van der Waals surface area contributed by atoms with Gasteiger partial charge in [0.2, 0.25) is 5.75 Å². The number of amides is 2. The van der Waals surface area contributed by atoms with E-state index in [2.05, 4.69) is 10.6 Å². The Morgan fingerprint density at radius 1 is 1.03 bits per heavy atom. The van der Waals surface area contributed by atoms with Crippen LogP contribution in [0.3, 0.4) is 0 Å². The minimum Gasteiger partial charge on any atom is -0.493 e. The zero-order valence-corrected chi connectivity index (χ0v) is 21.1. The molecule has 2 aromatic rings. The van der Waals surface area contributed by atoms with E-state index in [-0.39, 0.29) is 34.3 Å². The van der Waals surface area contributed by atoms with Crippen molar-refractivity contribution >= 4 is 33.4 Å². The number of methoxy groups -OCH3 is 3. The van der Waals surface area contributed by atoms with Crippen LogP contribution in [0.2, 0.25) is 5.02 Å². The fourth-order valence-corrected chi connectivity index (χ4v) is 5.07. The van der Waals surface area contributed by atoms with Gasteiger partial charge in [-0.2, -0.15) is 0 Å². The van der Waals surface area contributed by atoms with Gasteiger partial charge in [0.25, 0.3) is 0 Å². The van der Waals surface area contributed by atoms with Gasteiger partial charge in [-0.25, -0.2) is 18.0 Å². The van der Waals surface area contributed by atoms with Crippen molar-refractivity contribution < 1.29 is 37.0 Å². The van der Waals surface area contributed by atoms with Gasteiger partial charge in [-0.1, -0.05) is 11.6 Å². The van der Waals surface area contributed by atoms with Crippen molar-refractivity contribution in [1.29, 1.82) is 0 Å². The smallest absolute Gasteiger partial charge is 0.338 e. The number of hydrogen-bond donors (Lipinski definition) is 2. The molecule has 2 aromatic carbocycles. The van der Waals surface area contributed by atoms with Crippen LogP contribution in [0.25, 0.3) is 0 Å². The van der Waals surface area contributed by atoms with E-state index < -0.39 is 33.6 Å². The molecule has 1 heterocycles. The Balaban J connectivity index is 2.18. The van der Waals surface area contributed by atoms with Crippen molar-refractivity contribution in [2.45, 2.75) is 17.9 Å². The highest BCUT2D eigenvalue weighted by Crippen LogP contribution is 2.41. The third kappa shape index (κ3) is 5.63. The first-order chi connectivity index (χ1) is 16.6. The molecule has 0 bridgehead atoms. The summed E-state index contributed by atoms with van der Waals surface area (Å²) in [6.45, 7) is 1.65. The van der Waals surface area contributed by atoms with Crippen molar-refractivity contribution in [1.82, 2.24) is 10.6 Å². The van der Waals surface area contributed by atoms with Crippen LogP contribution in [0.15, 0.2) is 52.6 Å². The first-order valence-electron chi connectivity index (χ1n) is 10.4. The molecule has 0 radical (unpaired) electrons. The number of halogens is 1. The number of hydrogen-bond acceptors (Lipinski definition) is 8. The third-order valence-electron chi connectivity index (χ3n) is 5.18. The number of esters is 1. The molecule has 35 heavy (non-hydrogen) atoms. The number of carbonyl (C=O) groups excluding carboxylic acids is 2. The predicted octanol–water partition coefficient (Wildman–Crippen LogP) is 3.01. The summed E-state index contributed by atoms with van der Waals surface area (Å²) in [6, 6.07) is 6.93. The SMILES string of the molecule is CCOC(=O)C1=C(CS(=O)(=O)c2ccc(Cl)cc2)NC(=O)NC1c1cc(OC)c(OC)c(OC)c1. The molecule has 2 N–H and O–H groups in total. The Labute approximate surface area is 208 Å². The van der Waals surface area contributed by atoms with Gasteiger partial charge < -0.3 is 29.6 Å². The van der Waals surface area contributed by atoms with Gasteiger partial charge in [0.1, 0.15) is 0 Å². The summed E-state index contributed by atoms with van der Waals surface area (Å²) >= 11 is 5.87. The van der Waals surface area contributed by atoms with Gasteiger partial charge in [0, 0.05) is 10.7 Å². The molecule has 1 unspecified atom stereocenters. The third-order valence-corrected chi connectivity index (χ3v) is 7.09. The molecule has 1 aliphatic heterocycles. The van der Waals surface area contributed by atoms with Gasteiger partial charge in [-0.3, -0.25) is 0 Å². The second kappa shape index (κ2) is 10.9. The highest BCUT2D eigenvalue weighted by atomic mass is 35.5. The van der Waals surface area contributed by atoms with Gasteiger partial charge in [-0.15, -0.1) is 0 Å². The molecule has 1 aliphatic rings. The van der Waals surface area contributed by atoms with Crippen LogP contribution in [0, 0.1) is 0 Å². The van der Waals surface area contributed by atoms with Gasteiger partial charge in [0.15, 0.2) is 21.3 Å². The fraction of sp³-hybridized carbons (Fsp3) is 0.304. The van der Waals surface area contributed by atoms with E-state index in [4.69, 9.17) is 30.5 Å². The lowest BCUT2D eigenvalue weighted by atomic mass is 9.95. The first-order valence-corrected chi connectivity index (χ1v) is 12.4. The van der Waals surface area contributed by atoms with E-state index in [1.807, 2.05) is 0 Å². The number of ether oxygens (including phenoxy) is 4. The molecule has 0 aromatic heterocycles. The lowest BCUT2D eigenvalue weighted by molar-refractivity contribution is -0.139. The first kappa shape index (κ1) is 26.2. The fourth-order valence-electron chi connectivity index (χ4n) is 3.62. The topological polar surface area (TPSA) is 129 Å². The van der Waals surface area contributed by atoms with Crippen LogP contribution in [0.4, 0.5) is 4.79 Å². The molecule has 0 aliphatic carbocycles. The number of nitrogens with one attached hydrogen (secondary N) is 2. The van der Waals surface area contributed by atoms with Crippen molar-refractivity contribution in [3.8, 4) is 17.2 Å². The number of benzene rings is 2. The molecular formula is C23H25ClN2O8S. The summed E-state index contributed by atoms with van der Waals surface area (Å²) in [7, 11) is 0.331. The maximum atomic E-state index is 13.1. The molecule has 12 heteroatoms. The molecule has 0 saturated heterocycles. The second-order valence-electron chi connectivity index (χ2n) is 7.32. The number of sulfone groups is 1. The maximum Gasteiger partial charge on any atom is 0.338 e. The van der Waals surface area contributed by atoms with Crippen LogP contribution < -0.4 is 24.8 Å². The Morgan fingerprint density at radius 2 is 1.63 bits per heavy atom. The summed E-state index contributed by atoms with van der Waals surface area (Å²) in [6.07, 6.45) is 0. The summed E-state index contributed by atoms with van der Waals surface area (Å²) in [5.74, 6) is -0.565. The lowest BCUT2D eigenvalue weighted by Gasteiger charge is -2.30. The largest absolute Gasteiger partial charge is 0.493 e. The molecule has 188 valence electrons. The Kier molecular flexibility index (Phi) is 8.13. The summed E-state index contributed by atoms with van der Waals surface area (Å²) < 4.78 is 47.5. The average molecular weight is 525 g/mol. The van der Waals surface area contributed by atoms with Crippen LogP contribution in [0.5, 0.6) is 17.2 Å². The molecule has 10 nitrogen and oxygen atoms in total. The van der Waals surface area contributed by atoms with Gasteiger partial charge >= 0.3 is 12.0 Å². The highest BCUT2D eigenvalue weighted by Gasteiger charge is 2.36. The predicted molar refractivity (Wildman–Crippen MR) is 128 cm³/mol. The molecule has 2 amide bonds. The van der Waals surface area contributed by atoms with Gasteiger partial charge in [0.05, 0.1) is 50.2 Å². The average Bonchev–Trinajstić information content (AvgIpc) is 2.82. The van der Waals surface area contributed by atoms with Gasteiger partial charge in [-0.05, 0) is 48.9 Å². The molecule has 0 saturated carbocycles. The van der Waals surface area contributed by atoms with Crippen molar-refractivity contribution in [2.24, 2.45) is 0 Å². The number of urea groups is 1. The van der Waals surface area contributed by atoms with E-state index in [1.54, 1.807) is 19.1 Å². The van der Waals surface area contributed by atoms with E-state index in [1.165, 1.54) is 45.6 Å². The Bertz CT molecular complexity index is 1230. The molecular weight excluding hydrogens is 500 g/mol. The second-order valence-corrected chi connectivity index (χ2v) is 9.74. The molecule has 0 spiro atoms. The number of carbonyl (C=O) groups is 2. The van der Waals surface area contributed by atoms with Crippen molar-refractivity contribution in [2.75, 3.05) is 33.7 Å². The van der Waals surface area contributed by atoms with Crippen LogP contribution in [-0.4, -0.2) is 54.1 Å². The maximum absolute atomic E-state index is 13.1. The minimum absolute atomic E-state index is 0.0188. The van der Waals surface area contributed by atoms with E-state index >= 15 is 0 Å². The molecule has 0 fully saturated rings. The van der Waals surface area contributed by atoms with Crippen molar-refractivity contribution in [3.63, 3.8) is 0 Å². The standard InChI is InChI=1S/C23H25ClN2O8S/c1-5-34-22(27)19-16(12-35(29,30)15-8-6-14(24)7-9-15)25-23(28)26-20(19)13-10-17(31-2)21(33-4)18(11-13)32-3/h6-11,20H,5,12H2,1-4H3,(H2,25,26,28). The zero-order chi connectivity index (χ0) is 25.8. The summed E-state index contributed by atoms with van der Waals surface area (Å²) in [5, 5.41) is 5.48. The lowest BCUT2D eigenvalue weighted by Crippen LogP contribution is -2.47.